The molecule has 0 aliphatic heterocycles. The van der Waals surface area contributed by atoms with Crippen LogP contribution in [0.4, 0.5) is 0 Å². The fourth-order valence-corrected chi connectivity index (χ4v) is 2.30. The number of nitrogens with zero attached hydrogens (tertiary/aromatic N) is 1. The van der Waals surface area contributed by atoms with Crippen LogP contribution >= 0.6 is 34.5 Å². The normalized spacial score (nSPS) is 10.4. The Morgan fingerprint density at radius 1 is 1.38 bits per heavy atom. The van der Waals surface area contributed by atoms with Gasteiger partial charge in [-0.05, 0) is 12.1 Å². The first kappa shape index (κ1) is 11.6. The molecular weight excluding hydrogens is 265 g/mol. The van der Waals surface area contributed by atoms with Gasteiger partial charge in [0.1, 0.15) is 0 Å². The van der Waals surface area contributed by atoms with E-state index >= 15 is 0 Å². The molecule has 0 bridgehead atoms. The summed E-state index contributed by atoms with van der Waals surface area (Å²) in [4.78, 5) is 16.8. The Morgan fingerprint density at radius 2 is 2.19 bits per heavy atom. The van der Waals surface area contributed by atoms with Crippen molar-refractivity contribution in [2.24, 2.45) is 0 Å². The Labute approximate surface area is 107 Å². The maximum absolute atomic E-state index is 11.9. The van der Waals surface area contributed by atoms with Crippen molar-refractivity contribution >= 4 is 40.3 Å². The molecule has 0 atom stereocenters. The van der Waals surface area contributed by atoms with Gasteiger partial charge in [0.2, 0.25) is 0 Å². The molecule has 0 saturated carbocycles. The third kappa shape index (κ3) is 2.43. The number of Topliss-reactive ketones (excluding diaryl/α,β-unsaturated/α-hetero) is 1. The number of hydrogen-bond donors (Lipinski definition) is 0. The third-order valence-electron chi connectivity index (χ3n) is 2.07. The predicted molar refractivity (Wildman–Crippen MR) is 66.6 cm³/mol. The van der Waals surface area contributed by atoms with Crippen LogP contribution in [0.25, 0.3) is 0 Å². The van der Waals surface area contributed by atoms with E-state index in [1.165, 1.54) is 11.3 Å². The van der Waals surface area contributed by atoms with Crippen LogP contribution in [-0.2, 0) is 6.42 Å². The van der Waals surface area contributed by atoms with Crippen LogP contribution in [0.1, 0.15) is 15.2 Å². The van der Waals surface area contributed by atoms with Gasteiger partial charge in [-0.15, -0.1) is 11.3 Å². The number of thiazole rings is 1. The minimum Gasteiger partial charge on any atom is -0.294 e. The van der Waals surface area contributed by atoms with Gasteiger partial charge in [0, 0.05) is 23.1 Å². The molecule has 2 aromatic rings. The van der Waals surface area contributed by atoms with Gasteiger partial charge in [0.25, 0.3) is 0 Å². The van der Waals surface area contributed by atoms with E-state index in [1.807, 2.05) is 0 Å². The topological polar surface area (TPSA) is 30.0 Å². The number of halogens is 2. The molecule has 0 radical (unpaired) electrons. The third-order valence-corrected chi connectivity index (χ3v) is 3.67. The average Bonchev–Trinajstić information content (AvgIpc) is 2.74. The number of hydrogen-bond acceptors (Lipinski definition) is 3. The zero-order valence-electron chi connectivity index (χ0n) is 8.11. The molecule has 2 nitrogen and oxygen atoms in total. The van der Waals surface area contributed by atoms with Gasteiger partial charge in [0.05, 0.1) is 15.6 Å². The molecule has 0 spiro atoms. The smallest absolute Gasteiger partial charge is 0.169 e. The van der Waals surface area contributed by atoms with Crippen LogP contribution in [0, 0.1) is 0 Å². The van der Waals surface area contributed by atoms with Crippen molar-refractivity contribution in [3.8, 4) is 0 Å². The number of benzene rings is 1. The van der Waals surface area contributed by atoms with Crippen LogP contribution in [0.5, 0.6) is 0 Å². The monoisotopic (exact) mass is 271 g/mol. The molecule has 0 amide bonds. The lowest BCUT2D eigenvalue weighted by Crippen LogP contribution is -2.03. The fourth-order valence-electron chi connectivity index (χ4n) is 1.30. The second-order valence-electron chi connectivity index (χ2n) is 3.17. The molecule has 0 aliphatic rings. The van der Waals surface area contributed by atoms with Crippen molar-refractivity contribution in [2.75, 3.05) is 0 Å². The van der Waals surface area contributed by atoms with Gasteiger partial charge in [-0.25, -0.2) is 0 Å². The van der Waals surface area contributed by atoms with Gasteiger partial charge in [-0.1, -0.05) is 29.3 Å². The Morgan fingerprint density at radius 3 is 2.88 bits per heavy atom. The van der Waals surface area contributed by atoms with E-state index in [0.29, 0.717) is 22.0 Å². The zero-order valence-corrected chi connectivity index (χ0v) is 10.4. The van der Waals surface area contributed by atoms with Crippen LogP contribution in [0.2, 0.25) is 10.0 Å². The van der Waals surface area contributed by atoms with Crippen molar-refractivity contribution < 1.29 is 4.79 Å². The maximum atomic E-state index is 11.9. The lowest BCUT2D eigenvalue weighted by molar-refractivity contribution is 0.0994. The van der Waals surface area contributed by atoms with E-state index in [2.05, 4.69) is 4.98 Å². The number of carbonyl (C=O) groups is 1. The summed E-state index contributed by atoms with van der Waals surface area (Å²) in [7, 11) is 0. The quantitative estimate of drug-likeness (QED) is 0.794. The first-order valence-corrected chi connectivity index (χ1v) is 6.16. The van der Waals surface area contributed by atoms with Gasteiger partial charge >= 0.3 is 0 Å². The molecule has 0 fully saturated rings. The molecule has 0 aliphatic carbocycles. The first-order chi connectivity index (χ1) is 7.68. The van der Waals surface area contributed by atoms with Crippen LogP contribution < -0.4 is 0 Å². The fraction of sp³-hybridized carbons (Fsp3) is 0.0909. The molecule has 1 aromatic heterocycles. The average molecular weight is 272 g/mol. The van der Waals surface area contributed by atoms with E-state index in [4.69, 9.17) is 23.2 Å². The summed E-state index contributed by atoms with van der Waals surface area (Å²) >= 11 is 13.3. The van der Waals surface area contributed by atoms with Gasteiger partial charge in [-0.3, -0.25) is 9.78 Å². The second-order valence-corrected chi connectivity index (χ2v) is 4.93. The Kier molecular flexibility index (Phi) is 3.59. The minimum atomic E-state index is -0.0447. The van der Waals surface area contributed by atoms with E-state index in [-0.39, 0.29) is 5.78 Å². The highest BCUT2D eigenvalue weighted by atomic mass is 35.5. The highest BCUT2D eigenvalue weighted by molar-refractivity contribution is 7.09. The molecule has 2 rings (SSSR count). The van der Waals surface area contributed by atoms with E-state index in [9.17, 15) is 4.79 Å². The lowest BCUT2D eigenvalue weighted by atomic mass is 10.1. The Bertz CT molecular complexity index is 511. The highest BCUT2D eigenvalue weighted by Gasteiger charge is 2.13. The minimum absolute atomic E-state index is 0.0447. The van der Waals surface area contributed by atoms with Crippen LogP contribution in [-0.4, -0.2) is 10.8 Å². The summed E-state index contributed by atoms with van der Waals surface area (Å²) in [5.41, 5.74) is 2.16. The molecule has 0 saturated heterocycles. The van der Waals surface area contributed by atoms with Crippen LogP contribution in [0.3, 0.4) is 0 Å². The molecular formula is C11H7Cl2NOS. The lowest BCUT2D eigenvalue weighted by Gasteiger charge is -2.03. The van der Waals surface area contributed by atoms with Crippen molar-refractivity contribution in [1.29, 1.82) is 0 Å². The molecule has 0 N–H and O–H groups in total. The predicted octanol–water partition coefficient (Wildman–Crippen LogP) is 3.88. The second kappa shape index (κ2) is 4.95. The molecule has 5 heteroatoms. The molecule has 82 valence electrons. The molecule has 1 heterocycles. The first-order valence-electron chi connectivity index (χ1n) is 4.53. The summed E-state index contributed by atoms with van der Waals surface area (Å²) in [6, 6.07) is 5.05. The Balaban J connectivity index is 2.24. The molecule has 1 aromatic carbocycles. The summed E-state index contributed by atoms with van der Waals surface area (Å²) in [5.74, 6) is -0.0447. The van der Waals surface area contributed by atoms with E-state index in [1.54, 1.807) is 29.9 Å². The van der Waals surface area contributed by atoms with Crippen molar-refractivity contribution in [3.05, 3.63) is 50.4 Å². The summed E-state index contributed by atoms with van der Waals surface area (Å²) in [5, 5.41) is 0.718. The number of aromatic nitrogens is 1. The molecule has 0 unspecified atom stereocenters. The SMILES string of the molecule is O=C(Cc1cncs1)c1cccc(Cl)c1Cl. The molecule has 16 heavy (non-hydrogen) atoms. The zero-order chi connectivity index (χ0) is 11.5. The van der Waals surface area contributed by atoms with Crippen LogP contribution in [0.15, 0.2) is 29.9 Å². The number of carbonyl (C=O) groups excluding carboxylic acids is 1. The van der Waals surface area contributed by atoms with Crippen molar-refractivity contribution in [2.45, 2.75) is 6.42 Å². The van der Waals surface area contributed by atoms with Gasteiger partial charge in [0.15, 0.2) is 5.78 Å². The van der Waals surface area contributed by atoms with Gasteiger partial charge in [-0.2, -0.15) is 0 Å². The van der Waals surface area contributed by atoms with E-state index < -0.39 is 0 Å². The summed E-state index contributed by atoms with van der Waals surface area (Å²) < 4.78 is 0. The largest absolute Gasteiger partial charge is 0.294 e. The van der Waals surface area contributed by atoms with Crippen molar-refractivity contribution in [3.63, 3.8) is 0 Å². The summed E-state index contributed by atoms with van der Waals surface area (Å²) in [6.07, 6.45) is 1.99. The van der Waals surface area contributed by atoms with Crippen molar-refractivity contribution in [1.82, 2.24) is 4.98 Å². The summed E-state index contributed by atoms with van der Waals surface area (Å²) in [6.45, 7) is 0. The standard InChI is InChI=1S/C11H7Cl2NOS/c12-9-3-1-2-8(11(9)13)10(15)4-7-5-14-6-16-7/h1-3,5-6H,4H2. The highest BCUT2D eigenvalue weighted by Crippen LogP contribution is 2.26. The number of ketones is 1. The maximum Gasteiger partial charge on any atom is 0.169 e. The Hall–Kier alpha value is -0.900. The van der Waals surface area contributed by atoms with Gasteiger partial charge < -0.3 is 0 Å². The van der Waals surface area contributed by atoms with E-state index in [0.717, 1.165) is 4.88 Å². The number of rotatable bonds is 3.